The summed E-state index contributed by atoms with van der Waals surface area (Å²) in [6.45, 7) is 0.680. The first-order chi connectivity index (χ1) is 11.3. The molecule has 3 heterocycles. The van der Waals surface area contributed by atoms with Gasteiger partial charge in [-0.2, -0.15) is 5.10 Å². The van der Waals surface area contributed by atoms with E-state index in [1.807, 2.05) is 35.2 Å². The maximum atomic E-state index is 11.4. The van der Waals surface area contributed by atoms with Crippen molar-refractivity contribution in [1.82, 2.24) is 19.7 Å². The van der Waals surface area contributed by atoms with Crippen LogP contribution in [-0.4, -0.2) is 43.4 Å². The number of para-hydroxylation sites is 1. The first-order valence-electron chi connectivity index (χ1n) is 7.49. The SMILES string of the molecule is O=C(O)[C@@H]1CCCN1c1ncnc2c1cnn2-c1ccccc1. The van der Waals surface area contributed by atoms with Gasteiger partial charge in [0, 0.05) is 6.54 Å². The van der Waals surface area contributed by atoms with E-state index in [1.54, 1.807) is 10.9 Å². The Labute approximate surface area is 132 Å². The quantitative estimate of drug-likeness (QED) is 0.795. The highest BCUT2D eigenvalue weighted by Gasteiger charge is 2.32. The molecule has 1 aliphatic heterocycles. The first kappa shape index (κ1) is 13.7. The summed E-state index contributed by atoms with van der Waals surface area (Å²) in [6.07, 6.45) is 4.65. The molecule has 0 amide bonds. The van der Waals surface area contributed by atoms with Gasteiger partial charge in [0.25, 0.3) is 0 Å². The van der Waals surface area contributed by atoms with Crippen molar-refractivity contribution in [1.29, 1.82) is 0 Å². The number of hydrogen-bond acceptors (Lipinski definition) is 5. The van der Waals surface area contributed by atoms with E-state index in [2.05, 4.69) is 15.1 Å². The van der Waals surface area contributed by atoms with Gasteiger partial charge in [0.05, 0.1) is 17.3 Å². The lowest BCUT2D eigenvalue weighted by Gasteiger charge is -2.22. The van der Waals surface area contributed by atoms with Gasteiger partial charge in [-0.1, -0.05) is 18.2 Å². The lowest BCUT2D eigenvalue weighted by molar-refractivity contribution is -0.138. The molecule has 23 heavy (non-hydrogen) atoms. The number of carbonyl (C=O) groups is 1. The highest BCUT2D eigenvalue weighted by atomic mass is 16.4. The minimum absolute atomic E-state index is 0.534. The van der Waals surface area contributed by atoms with Crippen LogP contribution in [0.15, 0.2) is 42.9 Å². The summed E-state index contributed by atoms with van der Waals surface area (Å²) in [7, 11) is 0. The molecule has 1 fully saturated rings. The lowest BCUT2D eigenvalue weighted by Crippen LogP contribution is -2.36. The van der Waals surface area contributed by atoms with Gasteiger partial charge < -0.3 is 10.0 Å². The van der Waals surface area contributed by atoms with Crippen LogP contribution in [0, 0.1) is 0 Å². The Morgan fingerprint density at radius 2 is 2.04 bits per heavy atom. The van der Waals surface area contributed by atoms with Crippen molar-refractivity contribution >= 4 is 22.8 Å². The number of benzene rings is 1. The highest BCUT2D eigenvalue weighted by molar-refractivity contribution is 5.90. The summed E-state index contributed by atoms with van der Waals surface area (Å²) in [6, 6.07) is 9.18. The predicted octanol–water partition coefficient (Wildman–Crippen LogP) is 1.87. The van der Waals surface area contributed by atoms with Crippen LogP contribution < -0.4 is 4.90 Å². The minimum atomic E-state index is -0.815. The van der Waals surface area contributed by atoms with Gasteiger partial charge >= 0.3 is 5.97 Å². The Bertz CT molecular complexity index is 861. The Hall–Kier alpha value is -2.96. The number of fused-ring (bicyclic) bond motifs is 1. The summed E-state index contributed by atoms with van der Waals surface area (Å²) in [5.74, 6) is -0.174. The number of hydrogen-bond donors (Lipinski definition) is 1. The fourth-order valence-electron chi connectivity index (χ4n) is 3.10. The maximum absolute atomic E-state index is 11.4. The Kier molecular flexibility index (Phi) is 3.18. The molecule has 3 aromatic rings. The molecule has 0 bridgehead atoms. The van der Waals surface area contributed by atoms with Crippen LogP contribution in [-0.2, 0) is 4.79 Å². The van der Waals surface area contributed by atoms with Crippen LogP contribution in [0.25, 0.3) is 16.7 Å². The van der Waals surface area contributed by atoms with Crippen molar-refractivity contribution in [2.45, 2.75) is 18.9 Å². The van der Waals surface area contributed by atoms with Gasteiger partial charge in [-0.05, 0) is 25.0 Å². The number of rotatable bonds is 3. The molecule has 1 N–H and O–H groups in total. The van der Waals surface area contributed by atoms with Crippen LogP contribution in [0.1, 0.15) is 12.8 Å². The Morgan fingerprint density at radius 1 is 1.22 bits per heavy atom. The van der Waals surface area contributed by atoms with Gasteiger partial charge in [-0.15, -0.1) is 0 Å². The van der Waals surface area contributed by atoms with Crippen molar-refractivity contribution in [2.75, 3.05) is 11.4 Å². The number of nitrogens with zero attached hydrogens (tertiary/aromatic N) is 5. The average Bonchev–Trinajstić information content (AvgIpc) is 3.22. The fraction of sp³-hybridized carbons (Fsp3) is 0.250. The number of carboxylic acid groups (broad SMARTS) is 1. The van der Waals surface area contributed by atoms with Gasteiger partial charge in [-0.3, -0.25) is 0 Å². The largest absolute Gasteiger partial charge is 0.480 e. The van der Waals surface area contributed by atoms with Crippen LogP contribution in [0.5, 0.6) is 0 Å². The third-order valence-corrected chi connectivity index (χ3v) is 4.16. The number of anilines is 1. The average molecular weight is 309 g/mol. The summed E-state index contributed by atoms with van der Waals surface area (Å²) in [5, 5.41) is 14.6. The van der Waals surface area contributed by atoms with Crippen LogP contribution in [0.4, 0.5) is 5.82 Å². The third-order valence-electron chi connectivity index (χ3n) is 4.16. The molecule has 1 saturated heterocycles. The monoisotopic (exact) mass is 309 g/mol. The summed E-state index contributed by atoms with van der Waals surface area (Å²) < 4.78 is 1.74. The smallest absolute Gasteiger partial charge is 0.326 e. The van der Waals surface area contributed by atoms with E-state index < -0.39 is 12.0 Å². The molecule has 1 atom stereocenters. The predicted molar refractivity (Wildman–Crippen MR) is 84.7 cm³/mol. The van der Waals surface area contributed by atoms with E-state index >= 15 is 0 Å². The molecule has 0 aliphatic carbocycles. The Balaban J connectivity index is 1.84. The van der Waals surface area contributed by atoms with Crippen molar-refractivity contribution in [3.05, 3.63) is 42.9 Å². The van der Waals surface area contributed by atoms with Crippen molar-refractivity contribution in [2.24, 2.45) is 0 Å². The zero-order valence-corrected chi connectivity index (χ0v) is 12.3. The van der Waals surface area contributed by atoms with E-state index in [4.69, 9.17) is 0 Å². The van der Waals surface area contributed by atoms with E-state index in [-0.39, 0.29) is 0 Å². The van der Waals surface area contributed by atoms with Gasteiger partial charge in [0.15, 0.2) is 5.65 Å². The fourth-order valence-corrected chi connectivity index (χ4v) is 3.10. The maximum Gasteiger partial charge on any atom is 0.326 e. The molecule has 7 nitrogen and oxygen atoms in total. The van der Waals surface area contributed by atoms with E-state index in [0.717, 1.165) is 17.5 Å². The van der Waals surface area contributed by atoms with Crippen molar-refractivity contribution in [3.8, 4) is 5.69 Å². The zero-order chi connectivity index (χ0) is 15.8. The molecule has 0 spiro atoms. The number of aromatic nitrogens is 4. The van der Waals surface area contributed by atoms with Gasteiger partial charge in [-0.25, -0.2) is 19.4 Å². The van der Waals surface area contributed by atoms with E-state index in [1.165, 1.54) is 6.33 Å². The molecule has 1 aromatic carbocycles. The molecule has 1 aliphatic rings. The van der Waals surface area contributed by atoms with Gasteiger partial charge in [0.1, 0.15) is 18.2 Å². The summed E-state index contributed by atoms with van der Waals surface area (Å²) in [5.41, 5.74) is 1.58. The molecule has 0 radical (unpaired) electrons. The highest BCUT2D eigenvalue weighted by Crippen LogP contribution is 2.30. The first-order valence-corrected chi connectivity index (χ1v) is 7.49. The molecule has 0 saturated carbocycles. The standard InChI is InChI=1S/C16H15N5O2/c22-16(23)13-7-4-8-20(13)14-12-9-19-21(15(12)18-10-17-14)11-5-2-1-3-6-11/h1-3,5-6,9-10,13H,4,7-8H2,(H,22,23)/t13-/m0/s1. The molecule has 0 unspecified atom stereocenters. The molecule has 2 aromatic heterocycles. The number of aliphatic carboxylic acids is 1. The molecule has 7 heteroatoms. The van der Waals surface area contributed by atoms with Crippen LogP contribution in [0.2, 0.25) is 0 Å². The summed E-state index contributed by atoms with van der Waals surface area (Å²) >= 11 is 0. The second kappa shape index (κ2) is 5.35. The van der Waals surface area contributed by atoms with Crippen molar-refractivity contribution in [3.63, 3.8) is 0 Å². The second-order valence-corrected chi connectivity index (χ2v) is 5.52. The Morgan fingerprint density at radius 3 is 2.83 bits per heavy atom. The van der Waals surface area contributed by atoms with Gasteiger partial charge in [0.2, 0.25) is 0 Å². The van der Waals surface area contributed by atoms with E-state index in [0.29, 0.717) is 24.4 Å². The van der Waals surface area contributed by atoms with Crippen LogP contribution in [0.3, 0.4) is 0 Å². The van der Waals surface area contributed by atoms with E-state index in [9.17, 15) is 9.90 Å². The molecule has 116 valence electrons. The van der Waals surface area contributed by atoms with Crippen LogP contribution >= 0.6 is 0 Å². The molecular formula is C16H15N5O2. The zero-order valence-electron chi connectivity index (χ0n) is 12.3. The van der Waals surface area contributed by atoms with Crippen molar-refractivity contribution < 1.29 is 9.90 Å². The molecular weight excluding hydrogens is 294 g/mol. The number of carboxylic acids is 1. The summed E-state index contributed by atoms with van der Waals surface area (Å²) in [4.78, 5) is 21.9. The second-order valence-electron chi connectivity index (χ2n) is 5.52. The lowest BCUT2D eigenvalue weighted by atomic mass is 10.2. The topological polar surface area (TPSA) is 84.1 Å². The minimum Gasteiger partial charge on any atom is -0.480 e. The molecule has 4 rings (SSSR count). The third kappa shape index (κ3) is 2.21. The normalized spacial score (nSPS) is 17.7.